The summed E-state index contributed by atoms with van der Waals surface area (Å²) in [6.07, 6.45) is 4.04. The van der Waals surface area contributed by atoms with Crippen molar-refractivity contribution in [3.63, 3.8) is 0 Å². The molecule has 0 aliphatic carbocycles. The molecule has 1 unspecified atom stereocenters. The lowest BCUT2D eigenvalue weighted by molar-refractivity contribution is 0.671. The van der Waals surface area contributed by atoms with Crippen molar-refractivity contribution in [2.45, 2.75) is 44.3 Å². The molecule has 0 saturated carbocycles. The summed E-state index contributed by atoms with van der Waals surface area (Å²) < 4.78 is 1.87. The maximum Gasteiger partial charge on any atom is 0.147 e. The first-order valence-electron chi connectivity index (χ1n) is 6.77. The van der Waals surface area contributed by atoms with Crippen LogP contribution in [-0.2, 0) is 7.05 Å². The first kappa shape index (κ1) is 13.6. The van der Waals surface area contributed by atoms with E-state index in [-0.39, 0.29) is 0 Å². The minimum Gasteiger partial charge on any atom is -0.394 e. The third kappa shape index (κ3) is 2.94. The second-order valence-corrected chi connectivity index (χ2v) is 6.70. The lowest BCUT2D eigenvalue weighted by Gasteiger charge is -2.22. The fourth-order valence-corrected chi connectivity index (χ4v) is 3.61. The van der Waals surface area contributed by atoms with Gasteiger partial charge in [-0.1, -0.05) is 20.3 Å². The highest BCUT2D eigenvalue weighted by molar-refractivity contribution is 7.99. The summed E-state index contributed by atoms with van der Waals surface area (Å²) in [5, 5.41) is 8.69. The molecule has 0 aromatic carbocycles. The summed E-state index contributed by atoms with van der Waals surface area (Å²) in [4.78, 5) is 0. The predicted octanol–water partition coefficient (Wildman–Crippen LogP) is 2.82. The highest BCUT2D eigenvalue weighted by atomic mass is 32.2. The summed E-state index contributed by atoms with van der Waals surface area (Å²) in [5.74, 6) is 2.64. The second kappa shape index (κ2) is 5.87. The summed E-state index contributed by atoms with van der Waals surface area (Å²) in [5.41, 5.74) is 7.98. The van der Waals surface area contributed by atoms with Crippen LogP contribution in [-0.4, -0.2) is 27.3 Å². The standard InChI is InChI=1S/C13H24N4S/c1-9(2)12-11(14)13(17(3)16-12)15-8-10-6-4-5-7-18-10/h9-10,15H,4-8,14H2,1-3H3. The molecule has 1 aliphatic rings. The molecule has 1 aromatic rings. The van der Waals surface area contributed by atoms with E-state index in [1.165, 1.54) is 25.0 Å². The van der Waals surface area contributed by atoms with Crippen molar-refractivity contribution < 1.29 is 0 Å². The van der Waals surface area contributed by atoms with Gasteiger partial charge in [0.1, 0.15) is 5.82 Å². The Morgan fingerprint density at radius 3 is 2.83 bits per heavy atom. The van der Waals surface area contributed by atoms with Crippen LogP contribution in [0.15, 0.2) is 0 Å². The van der Waals surface area contributed by atoms with E-state index in [4.69, 9.17) is 5.73 Å². The molecule has 0 radical (unpaired) electrons. The molecule has 0 spiro atoms. The summed E-state index contributed by atoms with van der Waals surface area (Å²) in [6.45, 7) is 5.24. The number of thioether (sulfide) groups is 1. The molecular weight excluding hydrogens is 244 g/mol. The number of nitrogens with two attached hydrogens (primary N) is 1. The summed E-state index contributed by atoms with van der Waals surface area (Å²) >= 11 is 2.07. The smallest absolute Gasteiger partial charge is 0.147 e. The van der Waals surface area contributed by atoms with Gasteiger partial charge < -0.3 is 11.1 Å². The largest absolute Gasteiger partial charge is 0.394 e. The zero-order chi connectivity index (χ0) is 13.1. The van der Waals surface area contributed by atoms with Gasteiger partial charge in [-0.05, 0) is 24.5 Å². The molecule has 5 heteroatoms. The zero-order valence-electron chi connectivity index (χ0n) is 11.6. The molecule has 2 heterocycles. The Balaban J connectivity index is 2.00. The Labute approximate surface area is 114 Å². The highest BCUT2D eigenvalue weighted by Gasteiger charge is 2.18. The first-order chi connectivity index (χ1) is 8.59. The Morgan fingerprint density at radius 2 is 2.28 bits per heavy atom. The van der Waals surface area contributed by atoms with Crippen LogP contribution in [0.4, 0.5) is 11.5 Å². The molecule has 0 bridgehead atoms. The molecule has 1 aromatic heterocycles. The van der Waals surface area contributed by atoms with Crippen LogP contribution in [0.1, 0.15) is 44.7 Å². The van der Waals surface area contributed by atoms with Crippen LogP contribution in [0.3, 0.4) is 0 Å². The third-order valence-corrected chi connectivity index (χ3v) is 4.83. The molecule has 2 rings (SSSR count). The van der Waals surface area contributed by atoms with E-state index >= 15 is 0 Å². The van der Waals surface area contributed by atoms with E-state index < -0.39 is 0 Å². The molecule has 3 N–H and O–H groups in total. The first-order valence-corrected chi connectivity index (χ1v) is 7.82. The number of nitrogens with zero attached hydrogens (tertiary/aromatic N) is 2. The highest BCUT2D eigenvalue weighted by Crippen LogP contribution is 2.29. The fourth-order valence-electron chi connectivity index (χ4n) is 2.38. The Kier molecular flexibility index (Phi) is 4.43. The number of nitrogen functional groups attached to an aromatic ring is 1. The lowest BCUT2D eigenvalue weighted by Crippen LogP contribution is -2.21. The van der Waals surface area contributed by atoms with Crippen molar-refractivity contribution in [3.8, 4) is 0 Å². The van der Waals surface area contributed by atoms with Gasteiger partial charge in [-0.2, -0.15) is 16.9 Å². The average molecular weight is 268 g/mol. The van der Waals surface area contributed by atoms with Crippen molar-refractivity contribution in [1.29, 1.82) is 0 Å². The van der Waals surface area contributed by atoms with Gasteiger partial charge in [0.2, 0.25) is 0 Å². The molecule has 1 atom stereocenters. The van der Waals surface area contributed by atoms with Crippen molar-refractivity contribution in [2.75, 3.05) is 23.3 Å². The van der Waals surface area contributed by atoms with Gasteiger partial charge in [0, 0.05) is 18.8 Å². The van der Waals surface area contributed by atoms with Crippen LogP contribution in [0, 0.1) is 0 Å². The summed E-state index contributed by atoms with van der Waals surface area (Å²) in [6, 6.07) is 0. The quantitative estimate of drug-likeness (QED) is 0.881. The monoisotopic (exact) mass is 268 g/mol. The van der Waals surface area contributed by atoms with Crippen LogP contribution in [0.5, 0.6) is 0 Å². The molecular formula is C13H24N4S. The number of aromatic nitrogens is 2. The minimum atomic E-state index is 0.371. The van der Waals surface area contributed by atoms with Gasteiger partial charge in [0.15, 0.2) is 0 Å². The van der Waals surface area contributed by atoms with Gasteiger partial charge in [-0.15, -0.1) is 0 Å². The topological polar surface area (TPSA) is 55.9 Å². The number of aryl methyl sites for hydroxylation is 1. The fraction of sp³-hybridized carbons (Fsp3) is 0.769. The Hall–Kier alpha value is -0.840. The van der Waals surface area contributed by atoms with Gasteiger partial charge >= 0.3 is 0 Å². The number of anilines is 2. The third-order valence-electron chi connectivity index (χ3n) is 3.43. The van der Waals surface area contributed by atoms with E-state index in [0.29, 0.717) is 5.92 Å². The van der Waals surface area contributed by atoms with Gasteiger partial charge in [0.25, 0.3) is 0 Å². The van der Waals surface area contributed by atoms with E-state index in [0.717, 1.165) is 29.0 Å². The van der Waals surface area contributed by atoms with Crippen molar-refractivity contribution in [1.82, 2.24) is 9.78 Å². The van der Waals surface area contributed by atoms with E-state index in [9.17, 15) is 0 Å². The normalized spacial score (nSPS) is 20.3. The second-order valence-electron chi connectivity index (χ2n) is 5.30. The molecule has 1 fully saturated rings. The molecule has 102 valence electrons. The number of rotatable bonds is 4. The van der Waals surface area contributed by atoms with E-state index in [2.05, 4.69) is 36.0 Å². The van der Waals surface area contributed by atoms with Crippen LogP contribution >= 0.6 is 11.8 Å². The van der Waals surface area contributed by atoms with Gasteiger partial charge in [-0.3, -0.25) is 4.68 Å². The van der Waals surface area contributed by atoms with Gasteiger partial charge in [-0.25, -0.2) is 0 Å². The molecule has 1 saturated heterocycles. The molecule has 0 amide bonds. The molecule has 18 heavy (non-hydrogen) atoms. The van der Waals surface area contributed by atoms with Crippen LogP contribution in [0.2, 0.25) is 0 Å². The maximum absolute atomic E-state index is 6.17. The Bertz CT molecular complexity index is 394. The van der Waals surface area contributed by atoms with Gasteiger partial charge in [0.05, 0.1) is 11.4 Å². The minimum absolute atomic E-state index is 0.371. The predicted molar refractivity (Wildman–Crippen MR) is 80.3 cm³/mol. The number of nitrogens with one attached hydrogen (secondary N) is 1. The zero-order valence-corrected chi connectivity index (χ0v) is 12.4. The molecule has 1 aliphatic heterocycles. The maximum atomic E-state index is 6.17. The average Bonchev–Trinajstić information content (AvgIpc) is 2.64. The molecule has 4 nitrogen and oxygen atoms in total. The number of hydrogen-bond acceptors (Lipinski definition) is 4. The van der Waals surface area contributed by atoms with E-state index in [1.54, 1.807) is 0 Å². The Morgan fingerprint density at radius 1 is 1.50 bits per heavy atom. The van der Waals surface area contributed by atoms with Crippen molar-refractivity contribution >= 4 is 23.3 Å². The van der Waals surface area contributed by atoms with Crippen molar-refractivity contribution in [3.05, 3.63) is 5.69 Å². The SMILES string of the molecule is CC(C)c1nn(C)c(NCC2CCCCS2)c1N. The van der Waals surface area contributed by atoms with Crippen LogP contribution < -0.4 is 11.1 Å². The van der Waals surface area contributed by atoms with E-state index in [1.807, 2.05) is 11.7 Å². The summed E-state index contributed by atoms with van der Waals surface area (Å²) in [7, 11) is 1.96. The number of hydrogen-bond donors (Lipinski definition) is 2. The lowest BCUT2D eigenvalue weighted by atomic mass is 10.1. The van der Waals surface area contributed by atoms with Crippen LogP contribution in [0.25, 0.3) is 0 Å². The van der Waals surface area contributed by atoms with Crippen molar-refractivity contribution in [2.24, 2.45) is 7.05 Å².